The third-order valence-electron chi connectivity index (χ3n) is 3.77. The van der Waals surface area contributed by atoms with Crippen LogP contribution in [0.4, 0.5) is 0 Å². The number of methoxy groups -OCH3 is 1. The number of ether oxygens (including phenoxy) is 1. The van der Waals surface area contributed by atoms with Gasteiger partial charge in [0, 0.05) is 13.0 Å². The van der Waals surface area contributed by atoms with Gasteiger partial charge in [0.05, 0.1) is 7.11 Å². The van der Waals surface area contributed by atoms with Crippen molar-refractivity contribution in [3.8, 4) is 5.75 Å². The number of nitrogens with zero attached hydrogens (tertiary/aromatic N) is 1. The van der Waals surface area contributed by atoms with Crippen molar-refractivity contribution in [3.05, 3.63) is 29.8 Å². The Balaban J connectivity index is 2.81. The number of rotatable bonds is 9. The minimum atomic E-state index is -0.975. The van der Waals surface area contributed by atoms with E-state index in [0.717, 1.165) is 17.7 Å². The third-order valence-corrected chi connectivity index (χ3v) is 3.77. The second-order valence-corrected chi connectivity index (χ2v) is 6.14. The number of hydrogen-bond acceptors (Lipinski definition) is 3. The summed E-state index contributed by atoms with van der Waals surface area (Å²) in [5.41, 5.74) is 1.07. The molecule has 1 amide bonds. The van der Waals surface area contributed by atoms with E-state index in [-0.39, 0.29) is 24.3 Å². The minimum Gasteiger partial charge on any atom is -0.497 e. The molecule has 1 aromatic carbocycles. The predicted octanol–water partition coefficient (Wildman–Crippen LogP) is 3.15. The fourth-order valence-corrected chi connectivity index (χ4v) is 2.57. The SMILES string of the molecule is CCC(CC(=O)N(CC(=O)O)CC(C)C)c1ccc(OC)cc1. The van der Waals surface area contributed by atoms with Crippen molar-refractivity contribution in [2.75, 3.05) is 20.2 Å². The van der Waals surface area contributed by atoms with E-state index in [0.29, 0.717) is 13.0 Å². The smallest absolute Gasteiger partial charge is 0.323 e. The molecule has 0 aliphatic carbocycles. The van der Waals surface area contributed by atoms with E-state index in [2.05, 4.69) is 0 Å². The number of hydrogen-bond donors (Lipinski definition) is 1. The van der Waals surface area contributed by atoms with E-state index in [9.17, 15) is 9.59 Å². The van der Waals surface area contributed by atoms with E-state index in [1.807, 2.05) is 45.0 Å². The summed E-state index contributed by atoms with van der Waals surface area (Å²) in [6.45, 7) is 6.21. The number of benzene rings is 1. The highest BCUT2D eigenvalue weighted by Crippen LogP contribution is 2.26. The van der Waals surface area contributed by atoms with Crippen LogP contribution in [0.5, 0.6) is 5.75 Å². The number of amides is 1. The van der Waals surface area contributed by atoms with Gasteiger partial charge in [0.15, 0.2) is 0 Å². The molecule has 0 saturated heterocycles. The molecule has 1 atom stereocenters. The maximum absolute atomic E-state index is 12.5. The Morgan fingerprint density at radius 2 is 1.83 bits per heavy atom. The topological polar surface area (TPSA) is 66.8 Å². The molecule has 5 heteroatoms. The van der Waals surface area contributed by atoms with Crippen LogP contribution in [0.25, 0.3) is 0 Å². The first kappa shape index (κ1) is 19.0. The van der Waals surface area contributed by atoms with E-state index < -0.39 is 5.97 Å². The first-order valence-electron chi connectivity index (χ1n) is 8.00. The number of carbonyl (C=O) groups excluding carboxylic acids is 1. The molecule has 1 unspecified atom stereocenters. The number of aliphatic carboxylic acids is 1. The first-order chi connectivity index (χ1) is 10.9. The second kappa shape index (κ2) is 9.18. The van der Waals surface area contributed by atoms with Gasteiger partial charge in [0.2, 0.25) is 5.91 Å². The van der Waals surface area contributed by atoms with Crippen LogP contribution >= 0.6 is 0 Å². The van der Waals surface area contributed by atoms with Crippen molar-refractivity contribution >= 4 is 11.9 Å². The van der Waals surface area contributed by atoms with Crippen molar-refractivity contribution in [1.82, 2.24) is 4.90 Å². The van der Waals surface area contributed by atoms with Gasteiger partial charge in [0.1, 0.15) is 12.3 Å². The highest BCUT2D eigenvalue weighted by molar-refractivity contribution is 5.82. The van der Waals surface area contributed by atoms with Gasteiger partial charge in [-0.2, -0.15) is 0 Å². The number of carboxylic acid groups (broad SMARTS) is 1. The zero-order valence-corrected chi connectivity index (χ0v) is 14.4. The van der Waals surface area contributed by atoms with Crippen molar-refractivity contribution < 1.29 is 19.4 Å². The summed E-state index contributed by atoms with van der Waals surface area (Å²) in [5, 5.41) is 9.00. The standard InChI is InChI=1S/C18H27NO4/c1-5-14(15-6-8-16(23-4)9-7-15)10-17(20)19(11-13(2)3)12-18(21)22/h6-9,13-14H,5,10-12H2,1-4H3,(H,21,22). The molecule has 0 fully saturated rings. The van der Waals surface area contributed by atoms with Gasteiger partial charge in [-0.25, -0.2) is 0 Å². The van der Waals surface area contributed by atoms with Crippen LogP contribution in [0.15, 0.2) is 24.3 Å². The Kier molecular flexibility index (Phi) is 7.59. The molecule has 23 heavy (non-hydrogen) atoms. The quantitative estimate of drug-likeness (QED) is 0.759. The first-order valence-corrected chi connectivity index (χ1v) is 8.00. The molecule has 1 aromatic rings. The highest BCUT2D eigenvalue weighted by atomic mass is 16.5. The summed E-state index contributed by atoms with van der Waals surface area (Å²) >= 11 is 0. The summed E-state index contributed by atoms with van der Waals surface area (Å²) in [6, 6.07) is 7.69. The largest absolute Gasteiger partial charge is 0.497 e. The molecule has 5 nitrogen and oxygen atoms in total. The molecular formula is C18H27NO4. The summed E-state index contributed by atoms with van der Waals surface area (Å²) in [5.74, 6) is 0.0127. The monoisotopic (exact) mass is 321 g/mol. The Morgan fingerprint density at radius 1 is 1.22 bits per heavy atom. The molecule has 1 N–H and O–H groups in total. The highest BCUT2D eigenvalue weighted by Gasteiger charge is 2.22. The van der Waals surface area contributed by atoms with Crippen LogP contribution in [0.1, 0.15) is 45.1 Å². The molecule has 0 spiro atoms. The average molecular weight is 321 g/mol. The lowest BCUT2D eigenvalue weighted by Crippen LogP contribution is -2.38. The van der Waals surface area contributed by atoms with Crippen LogP contribution in [0.2, 0.25) is 0 Å². The summed E-state index contributed by atoms with van der Waals surface area (Å²) in [7, 11) is 1.62. The lowest BCUT2D eigenvalue weighted by Gasteiger charge is -2.25. The fourth-order valence-electron chi connectivity index (χ4n) is 2.57. The third kappa shape index (κ3) is 6.30. The molecule has 0 radical (unpaired) electrons. The molecule has 0 aliphatic heterocycles. The van der Waals surface area contributed by atoms with E-state index in [4.69, 9.17) is 9.84 Å². The van der Waals surface area contributed by atoms with Crippen LogP contribution in [-0.2, 0) is 9.59 Å². The average Bonchev–Trinajstić information content (AvgIpc) is 2.51. The molecule has 0 aromatic heterocycles. The molecule has 0 aliphatic rings. The number of carbonyl (C=O) groups is 2. The fraction of sp³-hybridized carbons (Fsp3) is 0.556. The Morgan fingerprint density at radius 3 is 2.26 bits per heavy atom. The Bertz CT molecular complexity index is 510. The molecule has 128 valence electrons. The Hall–Kier alpha value is -2.04. The summed E-state index contributed by atoms with van der Waals surface area (Å²) in [6.07, 6.45) is 1.14. The molecule has 1 rings (SSSR count). The summed E-state index contributed by atoms with van der Waals surface area (Å²) < 4.78 is 5.15. The zero-order valence-electron chi connectivity index (χ0n) is 14.4. The maximum Gasteiger partial charge on any atom is 0.323 e. The van der Waals surface area contributed by atoms with E-state index in [1.165, 1.54) is 4.90 Å². The van der Waals surface area contributed by atoms with Crippen LogP contribution in [0.3, 0.4) is 0 Å². The lowest BCUT2D eigenvalue weighted by molar-refractivity contribution is -0.145. The second-order valence-electron chi connectivity index (χ2n) is 6.14. The molecular weight excluding hydrogens is 294 g/mol. The predicted molar refractivity (Wildman–Crippen MR) is 89.7 cm³/mol. The Labute approximate surface area is 138 Å². The van der Waals surface area contributed by atoms with Gasteiger partial charge in [0.25, 0.3) is 0 Å². The van der Waals surface area contributed by atoms with E-state index in [1.54, 1.807) is 7.11 Å². The van der Waals surface area contributed by atoms with Crippen LogP contribution in [-0.4, -0.2) is 42.1 Å². The van der Waals surface area contributed by atoms with Gasteiger partial charge < -0.3 is 14.7 Å². The van der Waals surface area contributed by atoms with Gasteiger partial charge in [-0.1, -0.05) is 32.9 Å². The molecule has 0 heterocycles. The number of carboxylic acids is 1. The van der Waals surface area contributed by atoms with Gasteiger partial charge in [-0.05, 0) is 36.0 Å². The van der Waals surface area contributed by atoms with Crippen molar-refractivity contribution in [3.63, 3.8) is 0 Å². The molecule has 0 bridgehead atoms. The van der Waals surface area contributed by atoms with Gasteiger partial charge in [-0.3, -0.25) is 9.59 Å². The van der Waals surface area contributed by atoms with Crippen molar-refractivity contribution in [2.45, 2.75) is 39.5 Å². The molecule has 0 saturated carbocycles. The van der Waals surface area contributed by atoms with Crippen LogP contribution < -0.4 is 4.74 Å². The van der Waals surface area contributed by atoms with Crippen molar-refractivity contribution in [1.29, 1.82) is 0 Å². The zero-order chi connectivity index (χ0) is 17.4. The minimum absolute atomic E-state index is 0.0804. The maximum atomic E-state index is 12.5. The van der Waals surface area contributed by atoms with Gasteiger partial charge in [-0.15, -0.1) is 0 Å². The normalized spacial score (nSPS) is 12.0. The van der Waals surface area contributed by atoms with Gasteiger partial charge >= 0.3 is 5.97 Å². The van der Waals surface area contributed by atoms with Crippen molar-refractivity contribution in [2.24, 2.45) is 5.92 Å². The van der Waals surface area contributed by atoms with Crippen LogP contribution in [0, 0.1) is 5.92 Å². The van der Waals surface area contributed by atoms with E-state index >= 15 is 0 Å². The summed E-state index contributed by atoms with van der Waals surface area (Å²) in [4.78, 5) is 24.9. The lowest BCUT2D eigenvalue weighted by atomic mass is 9.92.